The molecule has 1 aromatic rings. The molecule has 0 atom stereocenters. The van der Waals surface area contributed by atoms with Gasteiger partial charge < -0.3 is 20.2 Å². The summed E-state index contributed by atoms with van der Waals surface area (Å²) in [6, 6.07) is 7.86. The number of hydrogen-bond acceptors (Lipinski definition) is 4. The van der Waals surface area contributed by atoms with E-state index in [1.54, 1.807) is 24.3 Å². The van der Waals surface area contributed by atoms with E-state index in [1.165, 1.54) is 4.90 Å². The Balaban J connectivity index is 2.69. The smallest absolute Gasteiger partial charge is 0.323 e. The maximum absolute atomic E-state index is 12.1. The van der Waals surface area contributed by atoms with Crippen LogP contribution in [0.4, 0.5) is 10.5 Å². The average molecular weight is 290 g/mol. The third-order valence-electron chi connectivity index (χ3n) is 2.70. The number of amides is 2. The Morgan fingerprint density at radius 2 is 1.86 bits per heavy atom. The minimum absolute atomic E-state index is 0.307. The third-order valence-corrected chi connectivity index (χ3v) is 2.70. The highest BCUT2D eigenvalue weighted by molar-refractivity contribution is 5.91. The maximum atomic E-state index is 12.1. The Hall–Kier alpha value is -2.59. The van der Waals surface area contributed by atoms with E-state index in [0.29, 0.717) is 24.3 Å². The van der Waals surface area contributed by atoms with E-state index >= 15 is 0 Å². The van der Waals surface area contributed by atoms with Gasteiger partial charge in [0.1, 0.15) is 6.54 Å². The first-order valence-electron chi connectivity index (χ1n) is 6.35. The summed E-state index contributed by atoms with van der Waals surface area (Å²) in [4.78, 5) is 26.0. The minimum Gasteiger partial charge on any atom is -0.480 e. The molecule has 2 N–H and O–H groups in total. The largest absolute Gasteiger partial charge is 0.480 e. The van der Waals surface area contributed by atoms with Gasteiger partial charge in [0.25, 0.3) is 0 Å². The summed E-state index contributed by atoms with van der Waals surface area (Å²) in [5, 5.41) is 20.2. The molecule has 0 fully saturated rings. The minimum atomic E-state index is -1.07. The van der Waals surface area contributed by atoms with Crippen LogP contribution in [0.2, 0.25) is 0 Å². The third kappa shape index (κ3) is 5.93. The predicted octanol–water partition coefficient (Wildman–Crippen LogP) is 1.04. The van der Waals surface area contributed by atoms with E-state index < -0.39 is 12.0 Å². The second kappa shape index (κ2) is 7.87. The lowest BCUT2D eigenvalue weighted by atomic mass is 10.2. The van der Waals surface area contributed by atoms with Crippen LogP contribution in [0.1, 0.15) is 5.56 Å². The molecule has 0 bridgehead atoms. The lowest BCUT2D eigenvalue weighted by Crippen LogP contribution is -2.42. The summed E-state index contributed by atoms with van der Waals surface area (Å²) < 4.78 is 0. The van der Waals surface area contributed by atoms with Gasteiger partial charge >= 0.3 is 12.0 Å². The molecule has 0 spiro atoms. The molecule has 0 heterocycles. The van der Waals surface area contributed by atoms with E-state index in [0.717, 1.165) is 0 Å². The number of aliphatic carboxylic acids is 1. The van der Waals surface area contributed by atoms with E-state index in [-0.39, 0.29) is 6.54 Å². The molecule has 1 aromatic carbocycles. The molecule has 0 aliphatic rings. The molecule has 0 saturated carbocycles. The monoisotopic (exact) mass is 290 g/mol. The highest BCUT2D eigenvalue weighted by Gasteiger charge is 2.16. The van der Waals surface area contributed by atoms with Crippen molar-refractivity contribution in [3.8, 4) is 6.07 Å². The van der Waals surface area contributed by atoms with Crippen molar-refractivity contribution < 1.29 is 14.7 Å². The van der Waals surface area contributed by atoms with Gasteiger partial charge in [0.2, 0.25) is 0 Å². The van der Waals surface area contributed by atoms with Gasteiger partial charge in [-0.05, 0) is 38.4 Å². The molecular weight excluding hydrogens is 272 g/mol. The number of carbonyl (C=O) groups is 2. The Morgan fingerprint density at radius 3 is 2.33 bits per heavy atom. The fourth-order valence-electron chi connectivity index (χ4n) is 1.57. The lowest BCUT2D eigenvalue weighted by Gasteiger charge is -2.23. The maximum Gasteiger partial charge on any atom is 0.323 e. The van der Waals surface area contributed by atoms with Crippen LogP contribution >= 0.6 is 0 Å². The van der Waals surface area contributed by atoms with Gasteiger partial charge in [-0.15, -0.1) is 0 Å². The average Bonchev–Trinajstić information content (AvgIpc) is 2.43. The van der Waals surface area contributed by atoms with Crippen LogP contribution in [0.5, 0.6) is 0 Å². The zero-order valence-electron chi connectivity index (χ0n) is 12.0. The van der Waals surface area contributed by atoms with E-state index in [9.17, 15) is 9.59 Å². The summed E-state index contributed by atoms with van der Waals surface area (Å²) in [7, 11) is 3.69. The van der Waals surface area contributed by atoms with Gasteiger partial charge in [-0.25, -0.2) is 4.79 Å². The van der Waals surface area contributed by atoms with Gasteiger partial charge in [-0.2, -0.15) is 5.26 Å². The Labute approximate surface area is 123 Å². The Kier molecular flexibility index (Phi) is 6.17. The molecular formula is C14H18N4O3. The number of carboxylic acids is 1. The standard InChI is InChI=1S/C14H18N4O3/c1-17(2)7-8-18(10-13(19)20)14(21)16-12-5-3-11(9-15)4-6-12/h3-6H,7-8,10H2,1-2H3,(H,16,21)(H,19,20). The van der Waals surface area contributed by atoms with Gasteiger partial charge in [0.15, 0.2) is 0 Å². The van der Waals surface area contributed by atoms with Gasteiger partial charge in [0.05, 0.1) is 11.6 Å². The van der Waals surface area contributed by atoms with Crippen LogP contribution in [0.15, 0.2) is 24.3 Å². The fourth-order valence-corrected chi connectivity index (χ4v) is 1.57. The number of hydrogen-bond donors (Lipinski definition) is 2. The molecule has 0 aliphatic carbocycles. The highest BCUT2D eigenvalue weighted by atomic mass is 16.4. The molecule has 21 heavy (non-hydrogen) atoms. The van der Waals surface area contributed by atoms with Gasteiger partial charge in [0, 0.05) is 18.8 Å². The quantitative estimate of drug-likeness (QED) is 0.816. The molecule has 0 unspecified atom stereocenters. The summed E-state index contributed by atoms with van der Waals surface area (Å²) in [5.74, 6) is -1.07. The SMILES string of the molecule is CN(C)CCN(CC(=O)O)C(=O)Nc1ccc(C#N)cc1. The molecule has 7 heteroatoms. The van der Waals surface area contributed by atoms with Crippen LogP contribution in [-0.4, -0.2) is 60.6 Å². The second-order valence-corrected chi connectivity index (χ2v) is 4.74. The molecule has 0 radical (unpaired) electrons. The van der Waals surface area contributed by atoms with Crippen molar-refractivity contribution in [2.45, 2.75) is 0 Å². The number of nitrogens with zero attached hydrogens (tertiary/aromatic N) is 3. The van der Waals surface area contributed by atoms with E-state index in [1.807, 2.05) is 25.1 Å². The topological polar surface area (TPSA) is 96.7 Å². The molecule has 0 aliphatic heterocycles. The molecule has 0 saturated heterocycles. The number of benzene rings is 1. The van der Waals surface area contributed by atoms with Crippen molar-refractivity contribution >= 4 is 17.7 Å². The van der Waals surface area contributed by atoms with Crippen molar-refractivity contribution in [3.63, 3.8) is 0 Å². The number of carbonyl (C=O) groups excluding carboxylic acids is 1. The van der Waals surface area contributed by atoms with Crippen molar-refractivity contribution in [2.75, 3.05) is 39.0 Å². The normalized spacial score (nSPS) is 10.0. The number of likely N-dealkylation sites (N-methyl/N-ethyl adjacent to an activating group) is 1. The van der Waals surface area contributed by atoms with E-state index in [2.05, 4.69) is 5.32 Å². The Bertz CT molecular complexity index is 534. The van der Waals surface area contributed by atoms with Crippen molar-refractivity contribution in [1.82, 2.24) is 9.80 Å². The Morgan fingerprint density at radius 1 is 1.24 bits per heavy atom. The molecule has 0 aromatic heterocycles. The van der Waals surface area contributed by atoms with Gasteiger partial charge in [-0.3, -0.25) is 4.79 Å². The van der Waals surface area contributed by atoms with Crippen LogP contribution in [0.25, 0.3) is 0 Å². The van der Waals surface area contributed by atoms with Gasteiger partial charge in [-0.1, -0.05) is 0 Å². The summed E-state index contributed by atoms with van der Waals surface area (Å²) >= 11 is 0. The summed E-state index contributed by atoms with van der Waals surface area (Å²) in [6.45, 7) is 0.505. The zero-order chi connectivity index (χ0) is 15.8. The number of urea groups is 1. The summed E-state index contributed by atoms with van der Waals surface area (Å²) in [5.41, 5.74) is 1.00. The predicted molar refractivity (Wildman–Crippen MR) is 77.9 cm³/mol. The fraction of sp³-hybridized carbons (Fsp3) is 0.357. The number of carboxylic acid groups (broad SMARTS) is 1. The number of nitrogens with one attached hydrogen (secondary N) is 1. The number of anilines is 1. The first-order valence-corrected chi connectivity index (χ1v) is 6.35. The number of rotatable bonds is 6. The first kappa shape index (κ1) is 16.5. The highest BCUT2D eigenvalue weighted by Crippen LogP contribution is 2.09. The van der Waals surface area contributed by atoms with Crippen LogP contribution < -0.4 is 5.32 Å². The van der Waals surface area contributed by atoms with Crippen LogP contribution in [0, 0.1) is 11.3 Å². The second-order valence-electron chi connectivity index (χ2n) is 4.74. The lowest BCUT2D eigenvalue weighted by molar-refractivity contribution is -0.137. The van der Waals surface area contributed by atoms with E-state index in [4.69, 9.17) is 10.4 Å². The van der Waals surface area contributed by atoms with Crippen molar-refractivity contribution in [3.05, 3.63) is 29.8 Å². The van der Waals surface area contributed by atoms with Crippen LogP contribution in [-0.2, 0) is 4.79 Å². The van der Waals surface area contributed by atoms with Crippen molar-refractivity contribution in [1.29, 1.82) is 5.26 Å². The van der Waals surface area contributed by atoms with Crippen LogP contribution in [0.3, 0.4) is 0 Å². The van der Waals surface area contributed by atoms with Crippen molar-refractivity contribution in [2.24, 2.45) is 0 Å². The molecule has 112 valence electrons. The molecule has 7 nitrogen and oxygen atoms in total. The summed E-state index contributed by atoms with van der Waals surface area (Å²) in [6.07, 6.45) is 0. The zero-order valence-corrected chi connectivity index (χ0v) is 12.0. The first-order chi connectivity index (χ1) is 9.92. The molecule has 1 rings (SSSR count). The number of nitriles is 1. The molecule has 2 amide bonds.